The second kappa shape index (κ2) is 9.92. The van der Waals surface area contributed by atoms with Crippen LogP contribution in [0.1, 0.15) is 54.5 Å². The Balaban J connectivity index is 1.98. The fourth-order valence-corrected chi connectivity index (χ4v) is 4.19. The molecule has 1 atom stereocenters. The van der Waals surface area contributed by atoms with Gasteiger partial charge in [-0.1, -0.05) is 42.8 Å². The van der Waals surface area contributed by atoms with Crippen LogP contribution in [0.4, 0.5) is 5.69 Å². The van der Waals surface area contributed by atoms with E-state index in [4.69, 9.17) is 0 Å². The first-order chi connectivity index (χ1) is 13.6. The van der Waals surface area contributed by atoms with Crippen molar-refractivity contribution >= 4 is 21.6 Å². The first kappa shape index (κ1) is 22.9. The molecule has 1 amide bonds. The molecular formula is C23H32N2O3S. The molecule has 0 radical (unpaired) electrons. The van der Waals surface area contributed by atoms with Crippen LogP contribution in [0.3, 0.4) is 0 Å². The zero-order chi connectivity index (χ0) is 21.6. The maximum Gasteiger partial charge on any atom is 0.232 e. The van der Waals surface area contributed by atoms with E-state index in [0.717, 1.165) is 23.1 Å². The summed E-state index contributed by atoms with van der Waals surface area (Å²) >= 11 is 0. The number of amides is 1. The van der Waals surface area contributed by atoms with Gasteiger partial charge in [0, 0.05) is 13.0 Å². The van der Waals surface area contributed by atoms with Gasteiger partial charge in [-0.25, -0.2) is 8.42 Å². The highest BCUT2D eigenvalue weighted by Crippen LogP contribution is 2.22. The van der Waals surface area contributed by atoms with Crippen LogP contribution in [-0.2, 0) is 14.8 Å². The number of rotatable bonds is 9. The SMILES string of the molecule is CC[C@@H](NC(=O)CCCN(c1ccc(C)c(C)c1)S(C)(=O)=O)c1ccc(C)cc1. The van der Waals surface area contributed by atoms with Crippen LogP contribution in [0.2, 0.25) is 0 Å². The second-order valence-electron chi connectivity index (χ2n) is 7.65. The number of benzene rings is 2. The van der Waals surface area contributed by atoms with E-state index in [1.54, 1.807) is 0 Å². The third kappa shape index (κ3) is 6.60. The van der Waals surface area contributed by atoms with Gasteiger partial charge in [-0.3, -0.25) is 9.10 Å². The van der Waals surface area contributed by atoms with Crippen molar-refractivity contribution in [1.29, 1.82) is 0 Å². The summed E-state index contributed by atoms with van der Waals surface area (Å²) in [6.45, 7) is 8.30. The molecule has 0 aliphatic rings. The first-order valence-electron chi connectivity index (χ1n) is 10.0. The van der Waals surface area contributed by atoms with Crippen LogP contribution in [0.5, 0.6) is 0 Å². The Kier molecular flexibility index (Phi) is 7.85. The lowest BCUT2D eigenvalue weighted by molar-refractivity contribution is -0.121. The minimum atomic E-state index is -3.42. The Morgan fingerprint density at radius 2 is 1.69 bits per heavy atom. The van der Waals surface area contributed by atoms with Gasteiger partial charge >= 0.3 is 0 Å². The minimum absolute atomic E-state index is 0.0335. The van der Waals surface area contributed by atoms with Gasteiger partial charge in [-0.2, -0.15) is 0 Å². The van der Waals surface area contributed by atoms with Crippen molar-refractivity contribution in [3.05, 3.63) is 64.7 Å². The number of anilines is 1. The summed E-state index contributed by atoms with van der Waals surface area (Å²) in [4.78, 5) is 12.4. The Morgan fingerprint density at radius 1 is 1.03 bits per heavy atom. The summed E-state index contributed by atoms with van der Waals surface area (Å²) in [5.74, 6) is -0.0639. The van der Waals surface area contributed by atoms with E-state index in [1.165, 1.54) is 16.1 Å². The third-order valence-electron chi connectivity index (χ3n) is 5.17. The van der Waals surface area contributed by atoms with Crippen molar-refractivity contribution in [1.82, 2.24) is 5.32 Å². The van der Waals surface area contributed by atoms with E-state index in [9.17, 15) is 13.2 Å². The number of sulfonamides is 1. The topological polar surface area (TPSA) is 66.5 Å². The molecule has 6 heteroatoms. The highest BCUT2D eigenvalue weighted by molar-refractivity contribution is 7.92. The molecule has 0 spiro atoms. The molecule has 0 saturated carbocycles. The Bertz CT molecular complexity index is 937. The van der Waals surface area contributed by atoms with E-state index in [-0.39, 0.29) is 24.9 Å². The molecule has 5 nitrogen and oxygen atoms in total. The molecule has 0 aromatic heterocycles. The number of carbonyl (C=O) groups is 1. The number of aryl methyl sites for hydroxylation is 3. The van der Waals surface area contributed by atoms with Gasteiger partial charge in [0.15, 0.2) is 0 Å². The Hall–Kier alpha value is -2.34. The van der Waals surface area contributed by atoms with Gasteiger partial charge in [0.2, 0.25) is 15.9 Å². The van der Waals surface area contributed by atoms with Crippen molar-refractivity contribution in [2.24, 2.45) is 0 Å². The number of nitrogens with zero attached hydrogens (tertiary/aromatic N) is 1. The van der Waals surface area contributed by atoms with E-state index >= 15 is 0 Å². The molecule has 0 fully saturated rings. The lowest BCUT2D eigenvalue weighted by Gasteiger charge is -2.23. The van der Waals surface area contributed by atoms with E-state index < -0.39 is 10.0 Å². The highest BCUT2D eigenvalue weighted by Gasteiger charge is 2.19. The van der Waals surface area contributed by atoms with Crippen molar-refractivity contribution in [2.45, 2.75) is 53.0 Å². The van der Waals surface area contributed by atoms with E-state index in [0.29, 0.717) is 12.1 Å². The molecule has 158 valence electrons. The predicted octanol–water partition coefficient (Wildman–Crippen LogP) is 4.43. The van der Waals surface area contributed by atoms with Crippen LogP contribution in [-0.4, -0.2) is 27.1 Å². The van der Waals surface area contributed by atoms with Crippen LogP contribution in [0, 0.1) is 20.8 Å². The fraction of sp³-hybridized carbons (Fsp3) is 0.435. The maximum absolute atomic E-state index is 12.4. The average molecular weight is 417 g/mol. The summed E-state index contributed by atoms with van der Waals surface area (Å²) < 4.78 is 25.9. The molecule has 0 unspecified atom stereocenters. The minimum Gasteiger partial charge on any atom is -0.349 e. The number of hydrogen-bond acceptors (Lipinski definition) is 3. The lowest BCUT2D eigenvalue weighted by Crippen LogP contribution is -2.33. The molecule has 0 heterocycles. The van der Waals surface area contributed by atoms with Crippen LogP contribution < -0.4 is 9.62 Å². The Labute approximate surface area is 175 Å². The monoisotopic (exact) mass is 416 g/mol. The maximum atomic E-state index is 12.4. The van der Waals surface area contributed by atoms with E-state index in [1.807, 2.05) is 70.2 Å². The van der Waals surface area contributed by atoms with Crippen LogP contribution in [0.15, 0.2) is 42.5 Å². The van der Waals surface area contributed by atoms with Crippen molar-refractivity contribution in [3.63, 3.8) is 0 Å². The fourth-order valence-electron chi connectivity index (χ4n) is 3.24. The molecule has 0 aliphatic heterocycles. The van der Waals surface area contributed by atoms with E-state index in [2.05, 4.69) is 5.32 Å². The van der Waals surface area contributed by atoms with Gasteiger partial charge in [-0.05, 0) is 62.4 Å². The smallest absolute Gasteiger partial charge is 0.232 e. The zero-order valence-corrected chi connectivity index (χ0v) is 18.8. The van der Waals surface area contributed by atoms with Crippen LogP contribution in [0.25, 0.3) is 0 Å². The van der Waals surface area contributed by atoms with Crippen molar-refractivity contribution in [3.8, 4) is 0 Å². The summed E-state index contributed by atoms with van der Waals surface area (Å²) in [5.41, 5.74) is 5.06. The number of carbonyl (C=O) groups excluding carboxylic acids is 1. The lowest BCUT2D eigenvalue weighted by atomic mass is 10.0. The van der Waals surface area contributed by atoms with Gasteiger partial charge in [0.1, 0.15) is 0 Å². The molecule has 2 rings (SSSR count). The van der Waals surface area contributed by atoms with Gasteiger partial charge in [0.05, 0.1) is 18.0 Å². The average Bonchev–Trinajstić information content (AvgIpc) is 2.65. The summed E-state index contributed by atoms with van der Waals surface area (Å²) in [5, 5.41) is 3.06. The summed E-state index contributed by atoms with van der Waals surface area (Å²) in [7, 11) is -3.42. The van der Waals surface area contributed by atoms with Gasteiger partial charge in [-0.15, -0.1) is 0 Å². The molecule has 2 aromatic rings. The molecular weight excluding hydrogens is 384 g/mol. The highest BCUT2D eigenvalue weighted by atomic mass is 32.2. The first-order valence-corrected chi connectivity index (χ1v) is 11.9. The number of hydrogen-bond donors (Lipinski definition) is 1. The summed E-state index contributed by atoms with van der Waals surface area (Å²) in [6, 6.07) is 13.7. The summed E-state index contributed by atoms with van der Waals surface area (Å²) in [6.07, 6.45) is 2.73. The van der Waals surface area contributed by atoms with Gasteiger partial charge in [0.25, 0.3) is 0 Å². The van der Waals surface area contributed by atoms with Crippen molar-refractivity contribution < 1.29 is 13.2 Å². The predicted molar refractivity (Wildman–Crippen MR) is 120 cm³/mol. The normalized spacial score (nSPS) is 12.4. The standard InChI is InChI=1S/C23H32N2O3S/c1-6-22(20-12-9-17(2)10-13-20)24-23(26)8-7-15-25(29(5,27)28)21-14-11-18(3)19(4)16-21/h9-14,16,22H,6-8,15H2,1-5H3,(H,24,26)/t22-/m1/s1. The number of nitrogens with one attached hydrogen (secondary N) is 1. The molecule has 1 N–H and O–H groups in total. The molecule has 29 heavy (non-hydrogen) atoms. The van der Waals surface area contributed by atoms with Crippen molar-refractivity contribution in [2.75, 3.05) is 17.1 Å². The van der Waals surface area contributed by atoms with Crippen LogP contribution >= 0.6 is 0 Å². The molecule has 0 bridgehead atoms. The largest absolute Gasteiger partial charge is 0.349 e. The molecule has 0 aliphatic carbocycles. The second-order valence-corrected chi connectivity index (χ2v) is 9.55. The van der Waals surface area contributed by atoms with Gasteiger partial charge < -0.3 is 5.32 Å². The quantitative estimate of drug-likeness (QED) is 0.658. The Morgan fingerprint density at radius 3 is 2.24 bits per heavy atom. The molecule has 2 aromatic carbocycles. The molecule has 0 saturated heterocycles. The third-order valence-corrected chi connectivity index (χ3v) is 6.36. The zero-order valence-electron chi connectivity index (χ0n) is 18.0.